The highest BCUT2D eigenvalue weighted by Crippen LogP contribution is 2.24. The number of aliphatic hydroxyl groups is 1. The molecule has 0 aliphatic carbocycles. The van der Waals surface area contributed by atoms with Gasteiger partial charge in [-0.3, -0.25) is 0 Å². The van der Waals surface area contributed by atoms with E-state index in [9.17, 15) is 5.11 Å². The van der Waals surface area contributed by atoms with Crippen LogP contribution in [0.2, 0.25) is 0 Å². The molecule has 1 aromatic carbocycles. The van der Waals surface area contributed by atoms with Gasteiger partial charge in [0.05, 0.1) is 19.0 Å². The zero-order valence-corrected chi connectivity index (χ0v) is 12.3. The first-order chi connectivity index (χ1) is 8.47. The molecule has 19 heavy (non-hydrogen) atoms. The highest BCUT2D eigenvalue weighted by atomic mass is 35.5. The van der Waals surface area contributed by atoms with Gasteiger partial charge in [-0.1, -0.05) is 45.0 Å². The quantitative estimate of drug-likeness (QED) is 0.862. The Morgan fingerprint density at radius 2 is 1.89 bits per heavy atom. The van der Waals surface area contributed by atoms with E-state index < -0.39 is 6.10 Å². The Kier molecular flexibility index (Phi) is 5.15. The van der Waals surface area contributed by atoms with Crippen molar-refractivity contribution in [3.05, 3.63) is 54.1 Å². The van der Waals surface area contributed by atoms with E-state index in [1.165, 1.54) is 5.56 Å². The van der Waals surface area contributed by atoms with Gasteiger partial charge < -0.3 is 22.1 Å². The number of halogens is 1. The Morgan fingerprint density at radius 3 is 2.37 bits per heavy atom. The molecular formula is C15H21ClN2O. The summed E-state index contributed by atoms with van der Waals surface area (Å²) in [5.41, 5.74) is 2.37. The van der Waals surface area contributed by atoms with Crippen molar-refractivity contribution >= 4 is 0 Å². The lowest BCUT2D eigenvalue weighted by atomic mass is 9.86. The number of benzene rings is 1. The Hall–Kier alpha value is -1.32. The van der Waals surface area contributed by atoms with Crippen molar-refractivity contribution in [2.45, 2.75) is 38.8 Å². The summed E-state index contributed by atoms with van der Waals surface area (Å²) in [7, 11) is 0. The minimum absolute atomic E-state index is 0. The molecule has 1 aromatic heterocycles. The lowest BCUT2D eigenvalue weighted by Gasteiger charge is -2.20. The van der Waals surface area contributed by atoms with Crippen molar-refractivity contribution in [1.29, 1.82) is 0 Å². The van der Waals surface area contributed by atoms with Gasteiger partial charge in [0.1, 0.15) is 0 Å². The van der Waals surface area contributed by atoms with Gasteiger partial charge in [-0.15, -0.1) is 0 Å². The maximum atomic E-state index is 10.1. The van der Waals surface area contributed by atoms with Gasteiger partial charge in [-0.05, 0) is 16.5 Å². The number of hydrogen-bond acceptors (Lipinski definition) is 2. The Morgan fingerprint density at radius 1 is 1.26 bits per heavy atom. The van der Waals surface area contributed by atoms with Gasteiger partial charge in [0.2, 0.25) is 0 Å². The second kappa shape index (κ2) is 6.22. The fourth-order valence-corrected chi connectivity index (χ4v) is 1.91. The molecule has 104 valence electrons. The molecular weight excluding hydrogens is 260 g/mol. The van der Waals surface area contributed by atoms with Crippen molar-refractivity contribution in [2.24, 2.45) is 0 Å². The van der Waals surface area contributed by atoms with Crippen molar-refractivity contribution < 1.29 is 18.9 Å². The Bertz CT molecular complexity index is 492. The molecule has 0 amide bonds. The van der Waals surface area contributed by atoms with Crippen LogP contribution in [0.4, 0.5) is 0 Å². The summed E-state index contributed by atoms with van der Waals surface area (Å²) >= 11 is 0. The van der Waals surface area contributed by atoms with Gasteiger partial charge in [0.25, 0.3) is 0 Å². The van der Waals surface area contributed by atoms with Crippen LogP contribution >= 0.6 is 0 Å². The van der Waals surface area contributed by atoms with Crippen LogP contribution in [0.1, 0.15) is 39.4 Å². The molecule has 0 aliphatic heterocycles. The third kappa shape index (κ3) is 4.08. The predicted octanol–water partition coefficient (Wildman–Crippen LogP) is 0.0307. The van der Waals surface area contributed by atoms with E-state index in [4.69, 9.17) is 0 Å². The molecule has 0 fully saturated rings. The van der Waals surface area contributed by atoms with Crippen LogP contribution in [-0.4, -0.2) is 14.7 Å². The van der Waals surface area contributed by atoms with E-state index in [-0.39, 0.29) is 19.2 Å². The van der Waals surface area contributed by atoms with Gasteiger partial charge in [0.15, 0.2) is 0 Å². The molecule has 0 saturated heterocycles. The van der Waals surface area contributed by atoms with E-state index in [1.807, 2.05) is 22.9 Å². The largest absolute Gasteiger partial charge is 1.00 e. The Labute approximate surface area is 122 Å². The highest BCUT2D eigenvalue weighted by molar-refractivity contribution is 5.28. The molecule has 2 aromatic rings. The second-order valence-electron chi connectivity index (χ2n) is 5.65. The Balaban J connectivity index is 0.00000180. The van der Waals surface area contributed by atoms with E-state index in [0.717, 1.165) is 5.56 Å². The SMILES string of the molecule is CC(C)(C)c1ccc(C(O)Cn2ccnc2)cc1.[Cl-].[H+]. The van der Waals surface area contributed by atoms with Gasteiger partial charge in [-0.25, -0.2) is 4.98 Å². The van der Waals surface area contributed by atoms with Crippen LogP contribution in [0.15, 0.2) is 43.0 Å². The van der Waals surface area contributed by atoms with Crippen molar-refractivity contribution in [1.82, 2.24) is 9.55 Å². The molecule has 2 rings (SSSR count). The summed E-state index contributed by atoms with van der Waals surface area (Å²) < 4.78 is 1.88. The predicted molar refractivity (Wildman–Crippen MR) is 73.4 cm³/mol. The zero-order chi connectivity index (χ0) is 13.2. The van der Waals surface area contributed by atoms with Gasteiger partial charge >= 0.3 is 1.43 Å². The first-order valence-corrected chi connectivity index (χ1v) is 6.21. The van der Waals surface area contributed by atoms with Crippen LogP contribution in [0.5, 0.6) is 0 Å². The third-order valence-electron chi connectivity index (χ3n) is 3.10. The fraction of sp³-hybridized carbons (Fsp3) is 0.400. The number of aliphatic hydroxyl groups excluding tert-OH is 1. The van der Waals surface area contributed by atoms with Crippen molar-refractivity contribution in [2.75, 3.05) is 0 Å². The first kappa shape index (κ1) is 15.7. The van der Waals surface area contributed by atoms with E-state index >= 15 is 0 Å². The summed E-state index contributed by atoms with van der Waals surface area (Å²) in [6, 6.07) is 8.18. The summed E-state index contributed by atoms with van der Waals surface area (Å²) in [5, 5.41) is 10.1. The average molecular weight is 281 g/mol. The van der Waals surface area contributed by atoms with Gasteiger partial charge in [-0.2, -0.15) is 0 Å². The first-order valence-electron chi connectivity index (χ1n) is 6.21. The summed E-state index contributed by atoms with van der Waals surface area (Å²) in [4.78, 5) is 3.97. The van der Waals surface area contributed by atoms with E-state index in [1.54, 1.807) is 12.5 Å². The highest BCUT2D eigenvalue weighted by Gasteiger charge is 2.14. The number of rotatable bonds is 3. The number of aromatic nitrogens is 2. The standard InChI is InChI=1S/C15H20N2O.ClH/c1-15(2,3)13-6-4-12(5-7-13)14(18)10-17-9-8-16-11-17;/h4-9,11,14,18H,10H2,1-3H3;1H. The molecule has 0 aliphatic rings. The van der Waals surface area contributed by atoms with E-state index in [0.29, 0.717) is 6.54 Å². The maximum absolute atomic E-state index is 10.1. The second-order valence-corrected chi connectivity index (χ2v) is 5.65. The van der Waals surface area contributed by atoms with Crippen molar-refractivity contribution in [3.8, 4) is 0 Å². The summed E-state index contributed by atoms with van der Waals surface area (Å²) in [5.74, 6) is 0. The fourth-order valence-electron chi connectivity index (χ4n) is 1.91. The molecule has 1 N–H and O–H groups in total. The number of nitrogens with zero attached hydrogens (tertiary/aromatic N) is 2. The van der Waals surface area contributed by atoms with Crippen LogP contribution in [0, 0.1) is 0 Å². The molecule has 0 spiro atoms. The summed E-state index contributed by atoms with van der Waals surface area (Å²) in [6.07, 6.45) is 4.79. The minimum Gasteiger partial charge on any atom is -1.00 e. The van der Waals surface area contributed by atoms with Crippen LogP contribution < -0.4 is 12.4 Å². The molecule has 0 saturated carbocycles. The lowest BCUT2D eigenvalue weighted by molar-refractivity contribution is -0.00000615. The van der Waals surface area contributed by atoms with E-state index in [2.05, 4.69) is 37.9 Å². The molecule has 1 atom stereocenters. The topological polar surface area (TPSA) is 38.0 Å². The molecule has 1 heterocycles. The number of hydrogen-bond donors (Lipinski definition) is 1. The van der Waals surface area contributed by atoms with Crippen molar-refractivity contribution in [3.63, 3.8) is 0 Å². The van der Waals surface area contributed by atoms with Crippen LogP contribution in [-0.2, 0) is 12.0 Å². The van der Waals surface area contributed by atoms with Gasteiger partial charge in [0, 0.05) is 12.4 Å². The molecule has 0 radical (unpaired) electrons. The zero-order valence-electron chi connectivity index (χ0n) is 12.5. The summed E-state index contributed by atoms with van der Waals surface area (Å²) in [6.45, 7) is 7.09. The maximum Gasteiger partial charge on any atom is 1.00 e. The van der Waals surface area contributed by atoms with Crippen LogP contribution in [0.25, 0.3) is 0 Å². The third-order valence-corrected chi connectivity index (χ3v) is 3.10. The normalized spacial score (nSPS) is 12.8. The molecule has 1 unspecified atom stereocenters. The molecule has 4 heteroatoms. The monoisotopic (exact) mass is 280 g/mol. The minimum atomic E-state index is -0.492. The average Bonchev–Trinajstić information content (AvgIpc) is 2.81. The lowest BCUT2D eigenvalue weighted by Crippen LogP contribution is -3.00. The smallest absolute Gasteiger partial charge is 1.00 e. The molecule has 3 nitrogen and oxygen atoms in total. The molecule has 0 bridgehead atoms. The number of imidazole rings is 1. The van der Waals surface area contributed by atoms with Crippen LogP contribution in [0.3, 0.4) is 0 Å².